The van der Waals surface area contributed by atoms with Crippen molar-refractivity contribution in [2.24, 2.45) is 0 Å². The van der Waals surface area contributed by atoms with Crippen molar-refractivity contribution in [3.63, 3.8) is 0 Å². The van der Waals surface area contributed by atoms with Gasteiger partial charge in [0.25, 0.3) is 0 Å². The zero-order valence-corrected chi connectivity index (χ0v) is 19.2. The van der Waals surface area contributed by atoms with Crippen molar-refractivity contribution in [1.82, 2.24) is 9.80 Å². The quantitative estimate of drug-likeness (QED) is 0.616. The van der Waals surface area contributed by atoms with Gasteiger partial charge in [0.05, 0.1) is 17.0 Å². The molecule has 3 aromatic carbocycles. The van der Waals surface area contributed by atoms with Crippen LogP contribution < -0.4 is 5.32 Å². The number of hydrogen-bond donors (Lipinski definition) is 1. The minimum absolute atomic E-state index is 0.0534. The summed E-state index contributed by atoms with van der Waals surface area (Å²) in [6.45, 7) is 2.94. The largest absolute Gasteiger partial charge is 0.340 e. The average Bonchev–Trinajstić information content (AvgIpc) is 2.86. The van der Waals surface area contributed by atoms with Crippen LogP contribution in [0.5, 0.6) is 0 Å². The summed E-state index contributed by atoms with van der Waals surface area (Å²) in [5.74, 6) is -0.0310. The van der Waals surface area contributed by atoms with Crippen LogP contribution in [-0.4, -0.2) is 53.0 Å². The van der Waals surface area contributed by atoms with Crippen molar-refractivity contribution in [3.8, 4) is 0 Å². The van der Waals surface area contributed by atoms with Gasteiger partial charge in [0.15, 0.2) is 0 Å². The van der Waals surface area contributed by atoms with Crippen LogP contribution in [0, 0.1) is 0 Å². The number of nitrogens with one attached hydrogen (secondary N) is 1. The molecule has 6 heteroatoms. The Morgan fingerprint density at radius 3 is 2.06 bits per heavy atom. The summed E-state index contributed by atoms with van der Waals surface area (Å²) in [5.41, 5.74) is 3.35. The third-order valence-corrected chi connectivity index (χ3v) is 7.60. The minimum atomic E-state index is -0.383. The first-order chi connectivity index (χ1) is 16.2. The van der Waals surface area contributed by atoms with E-state index in [1.165, 1.54) is 22.9 Å². The molecular weight excluding hydrogens is 430 g/mol. The maximum atomic E-state index is 13.1. The van der Waals surface area contributed by atoms with Crippen molar-refractivity contribution < 1.29 is 9.59 Å². The van der Waals surface area contributed by atoms with Gasteiger partial charge in [-0.25, -0.2) is 0 Å². The number of para-hydroxylation sites is 1. The lowest BCUT2D eigenvalue weighted by atomic mass is 9.96. The molecule has 2 amide bonds. The second-order valence-electron chi connectivity index (χ2n) is 8.44. The SMILES string of the molecule is O=C1Nc2ccccc2S[C@@H]1CC(=O)N1CCN(C(c2ccccc2)c2ccccc2)CC1. The average molecular weight is 458 g/mol. The fraction of sp³-hybridized carbons (Fsp3) is 0.259. The van der Waals surface area contributed by atoms with Gasteiger partial charge in [0, 0.05) is 37.5 Å². The van der Waals surface area contributed by atoms with Crippen LogP contribution in [0.4, 0.5) is 5.69 Å². The number of nitrogens with zero attached hydrogens (tertiary/aromatic N) is 2. The van der Waals surface area contributed by atoms with Gasteiger partial charge in [-0.1, -0.05) is 72.8 Å². The van der Waals surface area contributed by atoms with E-state index in [0.717, 1.165) is 23.7 Å². The lowest BCUT2D eigenvalue weighted by Gasteiger charge is -2.40. The molecule has 1 fully saturated rings. The summed E-state index contributed by atoms with van der Waals surface area (Å²) in [6.07, 6.45) is 0.228. The van der Waals surface area contributed by atoms with Crippen molar-refractivity contribution >= 4 is 29.3 Å². The number of rotatable bonds is 5. The van der Waals surface area contributed by atoms with E-state index >= 15 is 0 Å². The molecule has 5 nitrogen and oxygen atoms in total. The molecule has 2 aliphatic heterocycles. The zero-order valence-electron chi connectivity index (χ0n) is 18.4. The number of carbonyl (C=O) groups is 2. The summed E-state index contributed by atoms with van der Waals surface area (Å²) in [4.78, 5) is 31.0. The van der Waals surface area contributed by atoms with Crippen molar-refractivity contribution in [1.29, 1.82) is 0 Å². The number of piperazine rings is 1. The van der Waals surface area contributed by atoms with Crippen molar-refractivity contribution in [2.45, 2.75) is 22.6 Å². The summed E-state index contributed by atoms with van der Waals surface area (Å²) < 4.78 is 0. The smallest absolute Gasteiger partial charge is 0.238 e. The van der Waals surface area contributed by atoms with E-state index in [1.54, 1.807) is 0 Å². The maximum absolute atomic E-state index is 13.1. The van der Waals surface area contributed by atoms with Gasteiger partial charge < -0.3 is 10.2 Å². The molecule has 1 N–H and O–H groups in total. The topological polar surface area (TPSA) is 52.7 Å². The molecule has 0 aromatic heterocycles. The van der Waals surface area contributed by atoms with E-state index in [1.807, 2.05) is 41.3 Å². The van der Waals surface area contributed by atoms with Crippen LogP contribution in [-0.2, 0) is 9.59 Å². The highest BCUT2D eigenvalue weighted by Crippen LogP contribution is 2.37. The Morgan fingerprint density at radius 2 is 1.42 bits per heavy atom. The third kappa shape index (κ3) is 4.82. The molecule has 2 aliphatic rings. The number of benzene rings is 3. The van der Waals surface area contributed by atoms with Crippen LogP contribution in [0.2, 0.25) is 0 Å². The number of amides is 2. The van der Waals surface area contributed by atoms with Gasteiger partial charge in [-0.3, -0.25) is 14.5 Å². The number of anilines is 1. The Hall–Kier alpha value is -3.09. The molecule has 3 aromatic rings. The Kier molecular flexibility index (Phi) is 6.46. The number of carbonyl (C=O) groups excluding carboxylic acids is 2. The normalized spacial score (nSPS) is 18.6. The Morgan fingerprint density at radius 1 is 0.848 bits per heavy atom. The Bertz CT molecular complexity index is 1070. The molecule has 1 saturated heterocycles. The van der Waals surface area contributed by atoms with Crippen LogP contribution >= 0.6 is 11.8 Å². The number of hydrogen-bond acceptors (Lipinski definition) is 4. The summed E-state index contributed by atoms with van der Waals surface area (Å²) in [6, 6.07) is 29.0. The second-order valence-corrected chi connectivity index (χ2v) is 9.68. The summed E-state index contributed by atoms with van der Waals surface area (Å²) in [7, 11) is 0. The van der Waals surface area contributed by atoms with Gasteiger partial charge >= 0.3 is 0 Å². The van der Waals surface area contributed by atoms with Gasteiger partial charge in [-0.2, -0.15) is 0 Å². The Balaban J connectivity index is 1.24. The predicted molar refractivity (Wildman–Crippen MR) is 132 cm³/mol. The molecule has 0 saturated carbocycles. The fourth-order valence-electron chi connectivity index (χ4n) is 4.63. The van der Waals surface area contributed by atoms with E-state index in [4.69, 9.17) is 0 Å². The monoisotopic (exact) mass is 457 g/mol. The van der Waals surface area contributed by atoms with Gasteiger partial charge in [-0.15, -0.1) is 11.8 Å². The van der Waals surface area contributed by atoms with Crippen LogP contribution in [0.25, 0.3) is 0 Å². The summed E-state index contributed by atoms with van der Waals surface area (Å²) >= 11 is 1.49. The molecule has 1 atom stereocenters. The predicted octanol–water partition coefficient (Wildman–Crippen LogP) is 4.42. The van der Waals surface area contributed by atoms with Crippen molar-refractivity contribution in [3.05, 3.63) is 96.1 Å². The molecule has 0 spiro atoms. The van der Waals surface area contributed by atoms with Crippen LogP contribution in [0.1, 0.15) is 23.6 Å². The molecule has 0 bridgehead atoms. The number of thioether (sulfide) groups is 1. The van der Waals surface area contributed by atoms with E-state index < -0.39 is 0 Å². The molecule has 168 valence electrons. The highest BCUT2D eigenvalue weighted by atomic mass is 32.2. The second kappa shape index (κ2) is 9.81. The molecule has 5 rings (SSSR count). The first-order valence-corrected chi connectivity index (χ1v) is 12.3. The highest BCUT2D eigenvalue weighted by molar-refractivity contribution is 8.01. The van der Waals surface area contributed by atoms with Gasteiger partial charge in [-0.05, 0) is 23.3 Å². The van der Waals surface area contributed by atoms with E-state index in [0.29, 0.717) is 13.1 Å². The molecule has 0 unspecified atom stereocenters. The molecule has 33 heavy (non-hydrogen) atoms. The lowest BCUT2D eigenvalue weighted by molar-refractivity contribution is -0.134. The van der Waals surface area contributed by atoms with Crippen LogP contribution in [0.15, 0.2) is 89.8 Å². The first-order valence-electron chi connectivity index (χ1n) is 11.4. The molecule has 0 aliphatic carbocycles. The van der Waals surface area contributed by atoms with E-state index in [2.05, 4.69) is 58.7 Å². The molecular formula is C27H27N3O2S. The maximum Gasteiger partial charge on any atom is 0.238 e. The van der Waals surface area contributed by atoms with E-state index in [-0.39, 0.29) is 29.5 Å². The third-order valence-electron chi connectivity index (χ3n) is 6.33. The first kappa shape index (κ1) is 21.7. The van der Waals surface area contributed by atoms with Crippen molar-refractivity contribution in [2.75, 3.05) is 31.5 Å². The Labute approximate surface area is 198 Å². The van der Waals surface area contributed by atoms with Gasteiger partial charge in [0.2, 0.25) is 11.8 Å². The molecule has 0 radical (unpaired) electrons. The van der Waals surface area contributed by atoms with E-state index in [9.17, 15) is 9.59 Å². The standard InChI is InChI=1S/C27H27N3O2S/c31-25(19-24-27(32)28-22-13-7-8-14-23(22)33-24)29-15-17-30(18-16-29)26(20-9-3-1-4-10-20)21-11-5-2-6-12-21/h1-14,24,26H,15-19H2,(H,28,32)/t24-/m1/s1. The minimum Gasteiger partial charge on any atom is -0.340 e. The van der Waals surface area contributed by atoms with Gasteiger partial charge in [0.1, 0.15) is 0 Å². The lowest BCUT2D eigenvalue weighted by Crippen LogP contribution is -2.50. The fourth-order valence-corrected chi connectivity index (χ4v) is 5.73. The zero-order chi connectivity index (χ0) is 22.6. The number of fused-ring (bicyclic) bond motifs is 1. The molecule has 2 heterocycles. The summed E-state index contributed by atoms with van der Waals surface area (Å²) in [5, 5.41) is 2.56. The highest BCUT2D eigenvalue weighted by Gasteiger charge is 2.33. The van der Waals surface area contributed by atoms with Crippen LogP contribution in [0.3, 0.4) is 0 Å².